The number of carbonyl (C=O) groups is 5. The van der Waals surface area contributed by atoms with E-state index in [4.69, 9.17) is 25.8 Å². The highest BCUT2D eigenvalue weighted by Gasteiger charge is 2.50. The number of aliphatic hydroxyl groups is 2. The third-order valence-electron chi connectivity index (χ3n) is 9.47. The number of hydrogen-bond acceptors (Lipinski definition) is 15. The standard InChI is InChI=1S/C33H41N5O12/c1-14-28(42)17(34)10-23(49-14)50-19-12-33(47,20(13-39)37-38-22(41)9-4-3-8-21(40)36-35)11-16-25(19)32(46)27-26(30(16)44)29(43)15-6-5-7-18(48-2)24(15)31(27)45/h5-7,13-14,17,19-20,23,28,37,42,44,46-47H,3-4,8-12,34-35H2,1-2H3,(H,36,40)(H,38,41)/t14?,17?,19-,20?,23?,28?,33-/m0/s1. The van der Waals surface area contributed by atoms with Crippen LogP contribution in [0.15, 0.2) is 18.2 Å². The van der Waals surface area contributed by atoms with Gasteiger partial charge in [0, 0.05) is 54.8 Å². The molecule has 3 aliphatic rings. The third kappa shape index (κ3) is 6.80. The van der Waals surface area contributed by atoms with Gasteiger partial charge < -0.3 is 45.2 Å². The van der Waals surface area contributed by atoms with Crippen LogP contribution in [-0.4, -0.2) is 93.4 Å². The predicted octanol–water partition coefficient (Wildman–Crippen LogP) is -0.821. The van der Waals surface area contributed by atoms with Crippen molar-refractivity contribution in [1.82, 2.24) is 16.3 Å². The van der Waals surface area contributed by atoms with E-state index in [1.807, 2.05) is 5.43 Å². The van der Waals surface area contributed by atoms with Gasteiger partial charge in [-0.1, -0.05) is 12.1 Å². The number of phenols is 2. The Morgan fingerprint density at radius 3 is 2.42 bits per heavy atom. The Hall–Kier alpha value is -4.49. The van der Waals surface area contributed by atoms with E-state index in [-0.39, 0.29) is 47.3 Å². The van der Waals surface area contributed by atoms with Crippen LogP contribution in [-0.2, 0) is 30.3 Å². The minimum atomic E-state index is -2.13. The van der Waals surface area contributed by atoms with E-state index in [0.717, 1.165) is 0 Å². The fraction of sp³-hybridized carbons (Fsp3) is 0.485. The quantitative estimate of drug-likeness (QED) is 0.0279. The number of amides is 2. The molecule has 5 unspecified atom stereocenters. The van der Waals surface area contributed by atoms with E-state index in [0.29, 0.717) is 19.1 Å². The molecule has 1 saturated heterocycles. The number of ether oxygens (including phenoxy) is 3. The van der Waals surface area contributed by atoms with Crippen LogP contribution in [0.2, 0.25) is 0 Å². The van der Waals surface area contributed by atoms with Gasteiger partial charge in [-0.3, -0.25) is 30.0 Å². The molecule has 2 aromatic rings. The fourth-order valence-corrected chi connectivity index (χ4v) is 6.81. The molecule has 50 heavy (non-hydrogen) atoms. The summed E-state index contributed by atoms with van der Waals surface area (Å²) in [6.45, 7) is 1.57. The molecule has 17 heteroatoms. The second-order valence-corrected chi connectivity index (χ2v) is 12.7. The summed E-state index contributed by atoms with van der Waals surface area (Å²) >= 11 is 0. The predicted molar refractivity (Wildman–Crippen MR) is 172 cm³/mol. The summed E-state index contributed by atoms with van der Waals surface area (Å²) in [5.41, 5.74) is 9.36. The number of rotatable bonds is 12. The zero-order valence-electron chi connectivity index (χ0n) is 27.4. The monoisotopic (exact) mass is 699 g/mol. The van der Waals surface area contributed by atoms with Crippen LogP contribution in [0.5, 0.6) is 17.2 Å². The Morgan fingerprint density at radius 2 is 1.78 bits per heavy atom. The molecule has 5 rings (SSSR count). The van der Waals surface area contributed by atoms with Gasteiger partial charge >= 0.3 is 0 Å². The summed E-state index contributed by atoms with van der Waals surface area (Å²) in [6.07, 6.45) is -4.19. The van der Waals surface area contributed by atoms with Gasteiger partial charge in [0.15, 0.2) is 12.1 Å². The van der Waals surface area contributed by atoms with Crippen molar-refractivity contribution < 1.29 is 58.6 Å². The number of benzene rings is 2. The van der Waals surface area contributed by atoms with E-state index >= 15 is 0 Å². The highest BCUT2D eigenvalue weighted by molar-refractivity contribution is 6.31. The number of aromatic hydroxyl groups is 2. The summed E-state index contributed by atoms with van der Waals surface area (Å²) in [5.74, 6) is 1.20. The van der Waals surface area contributed by atoms with Crippen molar-refractivity contribution >= 4 is 29.7 Å². The van der Waals surface area contributed by atoms with Gasteiger partial charge in [0.2, 0.25) is 17.6 Å². The summed E-state index contributed by atoms with van der Waals surface area (Å²) in [4.78, 5) is 64.0. The first kappa shape index (κ1) is 36.8. The molecule has 1 heterocycles. The number of fused-ring (bicyclic) bond motifs is 3. The minimum Gasteiger partial charge on any atom is -0.507 e. The number of hydrogen-bond donors (Lipinski definition) is 9. The Labute approximate surface area is 286 Å². The lowest BCUT2D eigenvalue weighted by atomic mass is 9.71. The molecule has 0 bridgehead atoms. The number of aldehydes is 1. The van der Waals surface area contributed by atoms with E-state index in [1.54, 1.807) is 6.92 Å². The van der Waals surface area contributed by atoms with Crippen molar-refractivity contribution in [2.24, 2.45) is 11.6 Å². The molecular formula is C33H41N5O12. The van der Waals surface area contributed by atoms with E-state index < -0.39 is 101 Å². The molecule has 0 spiro atoms. The van der Waals surface area contributed by atoms with Crippen LogP contribution in [0.4, 0.5) is 0 Å². The highest BCUT2D eigenvalue weighted by atomic mass is 16.7. The maximum atomic E-state index is 13.9. The van der Waals surface area contributed by atoms with Gasteiger partial charge in [0.25, 0.3) is 0 Å². The second-order valence-electron chi connectivity index (χ2n) is 12.7. The first-order chi connectivity index (χ1) is 23.8. The molecule has 2 aliphatic carbocycles. The van der Waals surface area contributed by atoms with E-state index in [1.165, 1.54) is 25.3 Å². The number of nitrogens with one attached hydrogen (secondary N) is 3. The summed E-state index contributed by atoms with van der Waals surface area (Å²) in [6, 6.07) is 2.04. The summed E-state index contributed by atoms with van der Waals surface area (Å²) < 4.78 is 17.3. The number of phenolic OH excluding ortho intramolecular Hbond substituents is 2. The van der Waals surface area contributed by atoms with Crippen LogP contribution >= 0.6 is 0 Å². The number of aliphatic hydroxyl groups excluding tert-OH is 1. The average molecular weight is 700 g/mol. The summed E-state index contributed by atoms with van der Waals surface area (Å²) in [5, 5.41) is 45.8. The van der Waals surface area contributed by atoms with E-state index in [9.17, 15) is 44.4 Å². The van der Waals surface area contributed by atoms with Crippen LogP contribution in [0.3, 0.4) is 0 Å². The lowest BCUT2D eigenvalue weighted by molar-refractivity contribution is -0.248. The van der Waals surface area contributed by atoms with Gasteiger partial charge in [0.05, 0.1) is 47.7 Å². The first-order valence-corrected chi connectivity index (χ1v) is 16.1. The minimum absolute atomic E-state index is 0.0200. The Balaban J connectivity index is 1.52. The molecule has 0 saturated carbocycles. The topological polar surface area (TPSA) is 282 Å². The molecule has 2 amide bonds. The Morgan fingerprint density at radius 1 is 1.10 bits per heavy atom. The third-order valence-corrected chi connectivity index (χ3v) is 9.47. The summed E-state index contributed by atoms with van der Waals surface area (Å²) in [7, 11) is 1.31. The first-order valence-electron chi connectivity index (χ1n) is 16.1. The number of methoxy groups -OCH3 is 1. The van der Waals surface area contributed by atoms with Gasteiger partial charge in [0.1, 0.15) is 29.6 Å². The lowest BCUT2D eigenvalue weighted by Crippen LogP contribution is -2.60. The molecule has 0 radical (unpaired) electrons. The van der Waals surface area contributed by atoms with Crippen molar-refractivity contribution in [2.45, 2.75) is 94.2 Å². The van der Waals surface area contributed by atoms with Crippen LogP contribution in [0.1, 0.15) is 94.5 Å². The molecule has 1 aliphatic heterocycles. The fourth-order valence-electron chi connectivity index (χ4n) is 6.81. The van der Waals surface area contributed by atoms with E-state index in [2.05, 4.69) is 10.9 Å². The van der Waals surface area contributed by atoms with Crippen LogP contribution in [0, 0.1) is 0 Å². The number of hydrazine groups is 2. The Kier molecular flexibility index (Phi) is 10.9. The maximum Gasteiger partial charge on any atom is 0.234 e. The molecule has 270 valence electrons. The molecule has 17 nitrogen and oxygen atoms in total. The zero-order chi connectivity index (χ0) is 36.5. The molecule has 0 aromatic heterocycles. The number of ketones is 2. The van der Waals surface area contributed by atoms with Gasteiger partial charge in [-0.15, -0.1) is 0 Å². The normalized spacial score (nSPS) is 26.2. The Bertz CT molecular complexity index is 1690. The second kappa shape index (κ2) is 14.8. The largest absolute Gasteiger partial charge is 0.507 e. The van der Waals surface area contributed by atoms with Crippen LogP contribution < -0.4 is 32.6 Å². The molecular weight excluding hydrogens is 658 g/mol. The van der Waals surface area contributed by atoms with Crippen molar-refractivity contribution in [1.29, 1.82) is 0 Å². The molecule has 7 atom stereocenters. The number of nitrogens with two attached hydrogens (primary N) is 2. The SMILES string of the molecule is COc1cccc2c1C(=O)c1c(O)c3c(c(O)c1C2=O)C[C@@](O)(C(C=O)NNC(=O)CCCCC(=O)NN)C[C@@H]3OC1CC(N)C(O)C(C)O1. The number of unbranched alkanes of at least 4 members (excludes halogenated alkanes) is 1. The smallest absolute Gasteiger partial charge is 0.234 e. The number of carbonyl (C=O) groups excluding carboxylic acids is 5. The van der Waals surface area contributed by atoms with Gasteiger partial charge in [-0.05, 0) is 25.8 Å². The zero-order valence-corrected chi connectivity index (χ0v) is 27.4. The average Bonchev–Trinajstić information content (AvgIpc) is 3.08. The van der Waals surface area contributed by atoms with Crippen molar-refractivity contribution in [3.8, 4) is 17.2 Å². The molecule has 11 N–H and O–H groups in total. The van der Waals surface area contributed by atoms with Gasteiger partial charge in [-0.2, -0.15) is 0 Å². The van der Waals surface area contributed by atoms with Crippen molar-refractivity contribution in [3.63, 3.8) is 0 Å². The lowest BCUT2D eigenvalue weighted by Gasteiger charge is -2.44. The van der Waals surface area contributed by atoms with Crippen LogP contribution in [0.25, 0.3) is 0 Å². The maximum absolute atomic E-state index is 13.9. The van der Waals surface area contributed by atoms with Gasteiger partial charge in [-0.25, -0.2) is 11.3 Å². The molecule has 2 aromatic carbocycles. The molecule has 1 fully saturated rings. The highest BCUT2D eigenvalue weighted by Crippen LogP contribution is 2.52. The van der Waals surface area contributed by atoms with Crippen molar-refractivity contribution in [2.75, 3.05) is 7.11 Å². The van der Waals surface area contributed by atoms with Crippen molar-refractivity contribution in [3.05, 3.63) is 51.6 Å².